The molecule has 0 aliphatic heterocycles. The molecule has 0 fully saturated rings. The molecule has 2 aromatic carbocycles. The predicted molar refractivity (Wildman–Crippen MR) is 108 cm³/mol. The fourth-order valence-corrected chi connectivity index (χ4v) is 4.10. The zero-order chi connectivity index (χ0) is 19.9. The van der Waals surface area contributed by atoms with Crippen molar-refractivity contribution in [1.29, 1.82) is 0 Å². The van der Waals surface area contributed by atoms with Gasteiger partial charge in [-0.1, -0.05) is 32.1 Å². The summed E-state index contributed by atoms with van der Waals surface area (Å²) in [6, 6.07) is 13.5. The molecule has 2 rings (SSSR count). The van der Waals surface area contributed by atoms with Crippen molar-refractivity contribution >= 4 is 21.9 Å². The lowest BCUT2D eigenvalue weighted by Crippen LogP contribution is -2.30. The standard InChI is InChI=1S/C21H25NO4S/c1-4-22(5-2)27(24,25)20-13-11-18(12-14-20)21(23)15-10-17-8-7-9-19(16-17)26-6-3/h7-16H,4-6H2,1-3H3/b15-10+. The van der Waals surface area contributed by atoms with E-state index in [1.807, 2.05) is 31.2 Å². The van der Waals surface area contributed by atoms with E-state index in [9.17, 15) is 13.2 Å². The van der Waals surface area contributed by atoms with Crippen LogP contribution in [0.4, 0.5) is 0 Å². The van der Waals surface area contributed by atoms with Gasteiger partial charge in [0.05, 0.1) is 11.5 Å². The average molecular weight is 388 g/mol. The van der Waals surface area contributed by atoms with E-state index in [0.717, 1.165) is 11.3 Å². The highest BCUT2D eigenvalue weighted by Crippen LogP contribution is 2.18. The van der Waals surface area contributed by atoms with Crippen molar-refractivity contribution in [3.05, 3.63) is 65.7 Å². The Balaban J connectivity index is 2.15. The molecule has 0 unspecified atom stereocenters. The zero-order valence-corrected chi connectivity index (χ0v) is 16.7. The Morgan fingerprint density at radius 3 is 2.30 bits per heavy atom. The van der Waals surface area contributed by atoms with Gasteiger partial charge >= 0.3 is 0 Å². The molecule has 0 aliphatic carbocycles. The molecular weight excluding hydrogens is 362 g/mol. The lowest BCUT2D eigenvalue weighted by Gasteiger charge is -2.18. The summed E-state index contributed by atoms with van der Waals surface area (Å²) in [7, 11) is -3.52. The van der Waals surface area contributed by atoms with Gasteiger partial charge in [-0.2, -0.15) is 4.31 Å². The number of hydrogen-bond acceptors (Lipinski definition) is 4. The van der Waals surface area contributed by atoms with E-state index >= 15 is 0 Å². The fraction of sp³-hybridized carbons (Fsp3) is 0.286. The summed E-state index contributed by atoms with van der Waals surface area (Å²) < 4.78 is 31.8. The third-order valence-electron chi connectivity index (χ3n) is 4.08. The van der Waals surface area contributed by atoms with Crippen LogP contribution in [0.15, 0.2) is 59.5 Å². The Bertz CT molecular complexity index is 898. The number of rotatable bonds is 9. The quantitative estimate of drug-likeness (QED) is 0.482. The van der Waals surface area contributed by atoms with Gasteiger partial charge in [0.2, 0.25) is 10.0 Å². The van der Waals surface area contributed by atoms with E-state index in [2.05, 4.69) is 0 Å². The molecule has 0 aliphatic rings. The Kier molecular flexibility index (Phi) is 7.33. The van der Waals surface area contributed by atoms with Gasteiger partial charge < -0.3 is 4.74 Å². The number of sulfonamides is 1. The van der Waals surface area contributed by atoms with Crippen molar-refractivity contribution in [1.82, 2.24) is 4.31 Å². The van der Waals surface area contributed by atoms with E-state index in [-0.39, 0.29) is 10.7 Å². The van der Waals surface area contributed by atoms with Gasteiger partial charge in [0.15, 0.2) is 5.78 Å². The van der Waals surface area contributed by atoms with Crippen LogP contribution in [0.3, 0.4) is 0 Å². The maximum absolute atomic E-state index is 12.5. The summed E-state index contributed by atoms with van der Waals surface area (Å²) in [6.07, 6.45) is 3.18. The SMILES string of the molecule is CCOc1cccc(/C=C/C(=O)c2ccc(S(=O)(=O)N(CC)CC)cc2)c1. The number of ether oxygens (including phenoxy) is 1. The summed E-state index contributed by atoms with van der Waals surface area (Å²) in [5, 5.41) is 0. The third-order valence-corrected chi connectivity index (χ3v) is 6.14. The Labute approximate surface area is 161 Å². The van der Waals surface area contributed by atoms with E-state index in [0.29, 0.717) is 25.3 Å². The molecule has 0 N–H and O–H groups in total. The van der Waals surface area contributed by atoms with Crippen LogP contribution < -0.4 is 4.74 Å². The Hall–Kier alpha value is -2.44. The van der Waals surface area contributed by atoms with Crippen molar-refractivity contribution in [2.24, 2.45) is 0 Å². The van der Waals surface area contributed by atoms with Crippen molar-refractivity contribution in [2.45, 2.75) is 25.7 Å². The highest BCUT2D eigenvalue weighted by Gasteiger charge is 2.21. The number of carbonyl (C=O) groups excluding carboxylic acids is 1. The molecule has 5 nitrogen and oxygen atoms in total. The molecule has 0 radical (unpaired) electrons. The molecule has 144 valence electrons. The minimum absolute atomic E-state index is 0.191. The molecule has 0 atom stereocenters. The first-order chi connectivity index (χ1) is 12.9. The normalized spacial score (nSPS) is 11.9. The number of allylic oxidation sites excluding steroid dienone is 1. The number of hydrogen-bond donors (Lipinski definition) is 0. The number of ketones is 1. The van der Waals surface area contributed by atoms with Gasteiger partial charge in [-0.05, 0) is 55.0 Å². The predicted octanol–water partition coefficient (Wildman–Crippen LogP) is 4.01. The summed E-state index contributed by atoms with van der Waals surface area (Å²) in [5.41, 5.74) is 1.29. The van der Waals surface area contributed by atoms with Crippen LogP contribution in [-0.4, -0.2) is 38.2 Å². The van der Waals surface area contributed by atoms with Crippen LogP contribution in [0.1, 0.15) is 36.7 Å². The average Bonchev–Trinajstić information content (AvgIpc) is 2.67. The number of benzene rings is 2. The second-order valence-electron chi connectivity index (χ2n) is 5.82. The van der Waals surface area contributed by atoms with Crippen LogP contribution in [0.2, 0.25) is 0 Å². The molecule has 0 bridgehead atoms. The molecular formula is C21H25NO4S. The summed E-state index contributed by atoms with van der Waals surface area (Å²) >= 11 is 0. The topological polar surface area (TPSA) is 63.7 Å². The monoisotopic (exact) mass is 387 g/mol. The van der Waals surface area contributed by atoms with Gasteiger partial charge in [-0.3, -0.25) is 4.79 Å². The van der Waals surface area contributed by atoms with Crippen LogP contribution in [0.5, 0.6) is 5.75 Å². The first-order valence-corrected chi connectivity index (χ1v) is 10.4. The molecule has 2 aromatic rings. The smallest absolute Gasteiger partial charge is 0.243 e. The van der Waals surface area contributed by atoms with Gasteiger partial charge in [-0.15, -0.1) is 0 Å². The van der Waals surface area contributed by atoms with Crippen molar-refractivity contribution in [3.8, 4) is 5.75 Å². The van der Waals surface area contributed by atoms with Crippen molar-refractivity contribution in [2.75, 3.05) is 19.7 Å². The second-order valence-corrected chi connectivity index (χ2v) is 7.75. The maximum Gasteiger partial charge on any atom is 0.243 e. The third kappa shape index (κ3) is 5.28. The van der Waals surface area contributed by atoms with Crippen LogP contribution in [0.25, 0.3) is 6.08 Å². The molecule has 0 aromatic heterocycles. The van der Waals surface area contributed by atoms with Crippen LogP contribution >= 0.6 is 0 Å². The second kappa shape index (κ2) is 9.48. The first-order valence-electron chi connectivity index (χ1n) is 8.97. The molecule has 0 saturated carbocycles. The van der Waals surface area contributed by atoms with Crippen molar-refractivity contribution < 1.29 is 17.9 Å². The molecule has 0 spiro atoms. The Morgan fingerprint density at radius 1 is 1.04 bits per heavy atom. The molecule has 6 heteroatoms. The highest BCUT2D eigenvalue weighted by molar-refractivity contribution is 7.89. The van der Waals surface area contributed by atoms with E-state index in [1.165, 1.54) is 22.5 Å². The van der Waals surface area contributed by atoms with Gasteiger partial charge in [0, 0.05) is 18.7 Å². The summed E-state index contributed by atoms with van der Waals surface area (Å²) in [6.45, 7) is 6.89. The van der Waals surface area contributed by atoms with Crippen molar-refractivity contribution in [3.63, 3.8) is 0 Å². The number of nitrogens with zero attached hydrogens (tertiary/aromatic N) is 1. The zero-order valence-electron chi connectivity index (χ0n) is 15.9. The number of carbonyl (C=O) groups is 1. The van der Waals surface area contributed by atoms with E-state index < -0.39 is 10.0 Å². The van der Waals surface area contributed by atoms with E-state index in [1.54, 1.807) is 32.1 Å². The van der Waals surface area contributed by atoms with Gasteiger partial charge in [0.1, 0.15) is 5.75 Å². The highest BCUT2D eigenvalue weighted by atomic mass is 32.2. The Morgan fingerprint density at radius 2 is 1.70 bits per heavy atom. The van der Waals surface area contributed by atoms with Crippen LogP contribution in [-0.2, 0) is 10.0 Å². The summed E-state index contributed by atoms with van der Waals surface area (Å²) in [4.78, 5) is 12.5. The minimum Gasteiger partial charge on any atom is -0.494 e. The first kappa shape index (κ1) is 20.9. The minimum atomic E-state index is -3.52. The lowest BCUT2D eigenvalue weighted by atomic mass is 10.1. The van der Waals surface area contributed by atoms with Gasteiger partial charge in [-0.25, -0.2) is 8.42 Å². The van der Waals surface area contributed by atoms with Crippen LogP contribution in [0, 0.1) is 0 Å². The lowest BCUT2D eigenvalue weighted by molar-refractivity contribution is 0.104. The summed E-state index contributed by atoms with van der Waals surface area (Å²) in [5.74, 6) is 0.557. The largest absolute Gasteiger partial charge is 0.494 e. The molecule has 0 heterocycles. The molecule has 27 heavy (non-hydrogen) atoms. The molecule has 0 amide bonds. The van der Waals surface area contributed by atoms with E-state index in [4.69, 9.17) is 4.74 Å². The fourth-order valence-electron chi connectivity index (χ4n) is 2.65. The molecule has 0 saturated heterocycles. The maximum atomic E-state index is 12.5. The van der Waals surface area contributed by atoms with Gasteiger partial charge in [0.25, 0.3) is 0 Å².